The molecule has 1 fully saturated rings. The van der Waals surface area contributed by atoms with E-state index in [0.29, 0.717) is 5.92 Å². The van der Waals surface area contributed by atoms with E-state index in [4.69, 9.17) is 0 Å². The lowest BCUT2D eigenvalue weighted by Gasteiger charge is -2.51. The number of nitrogens with one attached hydrogen (secondary N) is 1. The highest BCUT2D eigenvalue weighted by Gasteiger charge is 2.52. The Kier molecular flexibility index (Phi) is 8.78. The molecule has 2 aliphatic heterocycles. The third kappa shape index (κ3) is 5.66. The van der Waals surface area contributed by atoms with Gasteiger partial charge in [0.05, 0.1) is 11.1 Å². The third-order valence-electron chi connectivity index (χ3n) is 16.1. The molecule has 7 aromatic carbocycles. The van der Waals surface area contributed by atoms with Crippen LogP contribution in [0.3, 0.4) is 0 Å². The second-order valence-electron chi connectivity index (χ2n) is 20.3. The van der Waals surface area contributed by atoms with Crippen LogP contribution in [0.1, 0.15) is 129 Å². The van der Waals surface area contributed by atoms with E-state index in [1.807, 2.05) is 0 Å². The first kappa shape index (κ1) is 38.3. The first-order chi connectivity index (χ1) is 29.5. The van der Waals surface area contributed by atoms with Gasteiger partial charge in [-0.3, -0.25) is 0 Å². The van der Waals surface area contributed by atoms with E-state index >= 15 is 0 Å². The van der Waals surface area contributed by atoms with Gasteiger partial charge in [-0.15, -0.1) is 0 Å². The highest BCUT2D eigenvalue weighted by molar-refractivity contribution is 6.70. The summed E-state index contributed by atoms with van der Waals surface area (Å²) in [5.74, 6) is 0.321. The number of para-hydroxylation sites is 2. The Bertz CT molecular complexity index is 2810. The molecule has 1 saturated carbocycles. The first-order valence-corrected chi connectivity index (χ1v) is 22.9. The average molecular weight is 791 g/mol. The summed E-state index contributed by atoms with van der Waals surface area (Å²) in [6.45, 7) is 14.8. The number of hydrogen-bond donors (Lipinski definition) is 1. The Labute approximate surface area is 364 Å². The van der Waals surface area contributed by atoms with E-state index in [0.717, 1.165) is 5.69 Å². The summed E-state index contributed by atoms with van der Waals surface area (Å²) < 4.78 is 0. The molecule has 11 rings (SSSR count). The van der Waals surface area contributed by atoms with E-state index in [2.05, 4.69) is 206 Å². The lowest BCUT2D eigenvalue weighted by Crippen LogP contribution is -2.46. The zero-order chi connectivity index (χ0) is 41.7. The molecule has 1 nitrogen and oxygen atoms in total. The molecule has 3 atom stereocenters. The predicted octanol–water partition coefficient (Wildman–Crippen LogP) is 13.8. The number of anilines is 2. The molecular weight excluding hydrogens is 733 g/mol. The lowest BCUT2D eigenvalue weighted by atomic mass is 9.49. The largest absolute Gasteiger partial charge is 0.354 e. The fraction of sp³-hybridized carbons (Fsp3) is 0.288. The minimum Gasteiger partial charge on any atom is -0.354 e. The van der Waals surface area contributed by atoms with Crippen molar-refractivity contribution in [3.05, 3.63) is 202 Å². The van der Waals surface area contributed by atoms with Gasteiger partial charge in [-0.05, 0) is 128 Å². The number of rotatable bonds is 4. The first-order valence-electron chi connectivity index (χ1n) is 22.9. The molecule has 0 bridgehead atoms. The van der Waals surface area contributed by atoms with Gasteiger partial charge in [-0.2, -0.15) is 0 Å². The molecule has 0 amide bonds. The van der Waals surface area contributed by atoms with Gasteiger partial charge in [-0.1, -0.05) is 198 Å². The Morgan fingerprint density at radius 1 is 0.607 bits per heavy atom. The van der Waals surface area contributed by atoms with E-state index < -0.39 is 5.41 Å². The molecule has 2 heterocycles. The quantitative estimate of drug-likeness (QED) is 0.175. The molecule has 0 spiro atoms. The molecule has 1 radical (unpaired) electrons. The second kappa shape index (κ2) is 14.0. The lowest BCUT2D eigenvalue weighted by molar-refractivity contribution is 0.0796. The minimum atomic E-state index is -0.529. The van der Waals surface area contributed by atoms with Gasteiger partial charge in [0.15, 0.2) is 7.28 Å². The van der Waals surface area contributed by atoms with Crippen LogP contribution in [0.15, 0.2) is 152 Å². The smallest absolute Gasteiger partial charge is 0.193 e. The Balaban J connectivity index is 1.22. The van der Waals surface area contributed by atoms with Gasteiger partial charge in [0, 0.05) is 17.2 Å². The van der Waals surface area contributed by atoms with Gasteiger partial charge in [0.2, 0.25) is 0 Å². The van der Waals surface area contributed by atoms with Crippen molar-refractivity contribution in [3.8, 4) is 22.3 Å². The van der Waals surface area contributed by atoms with Crippen LogP contribution in [0.25, 0.3) is 22.3 Å². The van der Waals surface area contributed by atoms with Crippen molar-refractivity contribution in [2.75, 3.05) is 5.32 Å². The Morgan fingerprint density at radius 3 is 2.00 bits per heavy atom. The molecule has 2 heteroatoms. The van der Waals surface area contributed by atoms with Crippen molar-refractivity contribution in [3.63, 3.8) is 0 Å². The van der Waals surface area contributed by atoms with Crippen LogP contribution in [0.4, 0.5) is 11.4 Å². The molecule has 0 aromatic heterocycles. The molecule has 3 unspecified atom stereocenters. The fourth-order valence-electron chi connectivity index (χ4n) is 12.6. The summed E-state index contributed by atoms with van der Waals surface area (Å²) in [7, 11) is 2.61. The Morgan fingerprint density at radius 2 is 1.26 bits per heavy atom. The van der Waals surface area contributed by atoms with Crippen molar-refractivity contribution in [2.45, 2.75) is 102 Å². The van der Waals surface area contributed by atoms with E-state index in [1.165, 1.54) is 116 Å². The normalized spacial score (nSPS) is 21.9. The van der Waals surface area contributed by atoms with Crippen LogP contribution in [-0.2, 0) is 16.2 Å². The van der Waals surface area contributed by atoms with Gasteiger partial charge in [-0.25, -0.2) is 0 Å². The summed E-state index contributed by atoms with van der Waals surface area (Å²) in [5, 5.41) is 4.11. The second-order valence-corrected chi connectivity index (χ2v) is 20.3. The van der Waals surface area contributed by atoms with Crippen molar-refractivity contribution < 1.29 is 0 Å². The molecular formula is C59H57BN. The van der Waals surface area contributed by atoms with E-state index in [-0.39, 0.29) is 16.2 Å². The van der Waals surface area contributed by atoms with Gasteiger partial charge in [0.25, 0.3) is 0 Å². The van der Waals surface area contributed by atoms with Crippen LogP contribution in [0.2, 0.25) is 0 Å². The summed E-state index contributed by atoms with van der Waals surface area (Å²) in [4.78, 5) is 0. The standard InChI is InChI=1S/C59H57BN/c1-38-20-13-14-25-43(38)39-34-46-44-30-33-57(5)31-17-18-32-58(57,6)50-36-42(56(2,3)4)37-51(53(44)50)60-54(46)47(35-39)45-26-19-28-49-55(45)61-52-29-16-15-27-48(52)59(49,40-21-9-7-10-22-40)41-23-11-8-12-24-41/h7-16,19-29,34-37,44,61H,17-18,30-33H2,1-6H3. The molecule has 301 valence electrons. The number of hydrogen-bond acceptors (Lipinski definition) is 1. The molecule has 2 aliphatic carbocycles. The molecule has 4 aliphatic rings. The van der Waals surface area contributed by atoms with Crippen LogP contribution in [0, 0.1) is 12.3 Å². The van der Waals surface area contributed by atoms with Crippen LogP contribution in [0.5, 0.6) is 0 Å². The summed E-state index contributed by atoms with van der Waals surface area (Å²) in [5.41, 5.74) is 22.9. The average Bonchev–Trinajstić information content (AvgIpc) is 3.38. The molecule has 1 N–H and O–H groups in total. The SMILES string of the molecule is Cc1ccccc1-c1cc(-c2cccc3c2Nc2ccccc2C3(c2ccccc2)c2ccccc2)c2c(c1)C1CCC3(C)CCCCC3(C)c3cc(C(C)(C)C)cc(c31)[B]2. The Hall–Kier alpha value is -5.60. The van der Waals surface area contributed by atoms with E-state index in [9.17, 15) is 0 Å². The summed E-state index contributed by atoms with van der Waals surface area (Å²) in [6, 6.07) is 57.9. The van der Waals surface area contributed by atoms with Crippen molar-refractivity contribution in [1.29, 1.82) is 0 Å². The van der Waals surface area contributed by atoms with Crippen LogP contribution < -0.4 is 16.2 Å². The molecule has 0 saturated heterocycles. The predicted molar refractivity (Wildman–Crippen MR) is 259 cm³/mol. The third-order valence-corrected chi connectivity index (χ3v) is 16.1. The zero-order valence-corrected chi connectivity index (χ0v) is 36.8. The monoisotopic (exact) mass is 790 g/mol. The minimum absolute atomic E-state index is 0.0361. The highest BCUT2D eigenvalue weighted by atomic mass is 14.9. The summed E-state index contributed by atoms with van der Waals surface area (Å²) in [6.07, 6.45) is 7.64. The van der Waals surface area contributed by atoms with Gasteiger partial charge >= 0.3 is 0 Å². The topological polar surface area (TPSA) is 12.0 Å². The van der Waals surface area contributed by atoms with Crippen LogP contribution >= 0.6 is 0 Å². The van der Waals surface area contributed by atoms with Gasteiger partial charge < -0.3 is 5.32 Å². The maximum atomic E-state index is 4.11. The van der Waals surface area contributed by atoms with E-state index in [1.54, 1.807) is 11.1 Å². The highest BCUT2D eigenvalue weighted by Crippen LogP contribution is 2.60. The summed E-state index contributed by atoms with van der Waals surface area (Å²) >= 11 is 0. The maximum Gasteiger partial charge on any atom is 0.193 e. The van der Waals surface area contributed by atoms with Gasteiger partial charge in [0.1, 0.15) is 0 Å². The number of aryl methyl sites for hydroxylation is 1. The zero-order valence-electron chi connectivity index (χ0n) is 36.8. The molecule has 7 aromatic rings. The fourth-order valence-corrected chi connectivity index (χ4v) is 12.6. The van der Waals surface area contributed by atoms with Crippen molar-refractivity contribution in [2.24, 2.45) is 5.41 Å². The van der Waals surface area contributed by atoms with Crippen molar-refractivity contribution >= 4 is 29.6 Å². The molecule has 61 heavy (non-hydrogen) atoms. The number of benzene rings is 7. The van der Waals surface area contributed by atoms with Crippen LogP contribution in [-0.4, -0.2) is 7.28 Å². The number of fused-ring (bicyclic) bond motifs is 6. The maximum absolute atomic E-state index is 4.11. The van der Waals surface area contributed by atoms with Crippen molar-refractivity contribution in [1.82, 2.24) is 0 Å².